The largest absolute Gasteiger partial charge is 0.379 e. The number of ether oxygens (including phenoxy) is 1. The van der Waals surface area contributed by atoms with Gasteiger partial charge in [0.1, 0.15) is 0 Å². The molecule has 0 atom stereocenters. The van der Waals surface area contributed by atoms with Gasteiger partial charge in [-0.05, 0) is 50.2 Å². The predicted molar refractivity (Wildman–Crippen MR) is 101 cm³/mol. The van der Waals surface area contributed by atoms with Gasteiger partial charge in [-0.25, -0.2) is 14.8 Å². The van der Waals surface area contributed by atoms with Crippen LogP contribution in [0, 0.1) is 6.92 Å². The number of urea groups is 1. The molecule has 26 heavy (non-hydrogen) atoms. The molecule has 1 aromatic carbocycles. The summed E-state index contributed by atoms with van der Waals surface area (Å²) >= 11 is 0. The second kappa shape index (κ2) is 9.26. The van der Waals surface area contributed by atoms with E-state index < -0.39 is 0 Å². The number of aromatic nitrogens is 2. The highest BCUT2D eigenvalue weighted by Gasteiger charge is 2.09. The number of benzene rings is 1. The zero-order chi connectivity index (χ0) is 18.2. The van der Waals surface area contributed by atoms with Crippen molar-refractivity contribution in [2.45, 2.75) is 13.3 Å². The Morgan fingerprint density at radius 1 is 1.19 bits per heavy atom. The average molecular weight is 355 g/mol. The lowest BCUT2D eigenvalue weighted by atomic mass is 10.2. The van der Waals surface area contributed by atoms with E-state index in [4.69, 9.17) is 4.74 Å². The summed E-state index contributed by atoms with van der Waals surface area (Å²) in [6.07, 6.45) is 2.67. The quantitative estimate of drug-likeness (QED) is 0.777. The first-order valence-electron chi connectivity index (χ1n) is 8.96. The molecule has 2 aromatic rings. The number of nitrogens with one attached hydrogen (secondary N) is 2. The fourth-order valence-corrected chi connectivity index (χ4v) is 2.80. The molecule has 0 radical (unpaired) electrons. The predicted octanol–water partition coefficient (Wildman–Crippen LogP) is 2.30. The standard InChI is InChI=1S/C19H25N5O2/c1-15-7-9-20-18(22-15)16-3-5-17(6-4-16)23-19(25)21-8-2-10-24-11-13-26-14-12-24/h3-7,9H,2,8,10-14H2,1H3,(H2,21,23,25). The lowest BCUT2D eigenvalue weighted by molar-refractivity contribution is 0.0375. The third kappa shape index (κ3) is 5.50. The van der Waals surface area contributed by atoms with Gasteiger partial charge < -0.3 is 15.4 Å². The molecular formula is C19H25N5O2. The summed E-state index contributed by atoms with van der Waals surface area (Å²) < 4.78 is 5.32. The van der Waals surface area contributed by atoms with Crippen LogP contribution in [0.2, 0.25) is 0 Å². The Kier molecular flexibility index (Phi) is 6.51. The minimum atomic E-state index is -0.188. The molecule has 2 heterocycles. The van der Waals surface area contributed by atoms with Crippen molar-refractivity contribution < 1.29 is 9.53 Å². The van der Waals surface area contributed by atoms with E-state index in [9.17, 15) is 4.79 Å². The number of amides is 2. The van der Waals surface area contributed by atoms with Gasteiger partial charge in [0, 0.05) is 42.8 Å². The topological polar surface area (TPSA) is 79.4 Å². The Balaban J connectivity index is 1.41. The molecule has 0 spiro atoms. The Morgan fingerprint density at radius 2 is 1.96 bits per heavy atom. The molecule has 2 N–H and O–H groups in total. The lowest BCUT2D eigenvalue weighted by Gasteiger charge is -2.26. The van der Waals surface area contributed by atoms with E-state index in [0.29, 0.717) is 12.4 Å². The fraction of sp³-hybridized carbons (Fsp3) is 0.421. The summed E-state index contributed by atoms with van der Waals surface area (Å²) in [6, 6.07) is 9.20. The molecule has 7 heteroatoms. The molecule has 3 rings (SSSR count). The molecule has 1 saturated heterocycles. The van der Waals surface area contributed by atoms with Gasteiger partial charge in [-0.2, -0.15) is 0 Å². The third-order valence-electron chi connectivity index (χ3n) is 4.24. The van der Waals surface area contributed by atoms with Crippen LogP contribution in [0.3, 0.4) is 0 Å². The highest BCUT2D eigenvalue weighted by Crippen LogP contribution is 2.17. The molecule has 0 aliphatic carbocycles. The van der Waals surface area contributed by atoms with Crippen molar-refractivity contribution in [1.82, 2.24) is 20.2 Å². The van der Waals surface area contributed by atoms with Crippen LogP contribution in [0.4, 0.5) is 10.5 Å². The number of anilines is 1. The summed E-state index contributed by atoms with van der Waals surface area (Å²) in [4.78, 5) is 23.0. The first-order chi connectivity index (χ1) is 12.7. The van der Waals surface area contributed by atoms with E-state index in [0.717, 1.165) is 56.2 Å². The molecule has 1 aliphatic rings. The molecule has 0 bridgehead atoms. The Labute approximate surface area is 153 Å². The van der Waals surface area contributed by atoms with Crippen molar-refractivity contribution >= 4 is 11.7 Å². The summed E-state index contributed by atoms with van der Waals surface area (Å²) in [5.41, 5.74) is 2.59. The van der Waals surface area contributed by atoms with Gasteiger partial charge in [0.25, 0.3) is 0 Å². The van der Waals surface area contributed by atoms with E-state index in [1.165, 1.54) is 0 Å². The van der Waals surface area contributed by atoms with Crippen LogP contribution < -0.4 is 10.6 Å². The Morgan fingerprint density at radius 3 is 2.69 bits per heavy atom. The summed E-state index contributed by atoms with van der Waals surface area (Å²) in [5.74, 6) is 0.684. The van der Waals surface area contributed by atoms with Gasteiger partial charge in [-0.15, -0.1) is 0 Å². The fourth-order valence-electron chi connectivity index (χ4n) is 2.80. The first kappa shape index (κ1) is 18.3. The van der Waals surface area contributed by atoms with Gasteiger partial charge in [-0.1, -0.05) is 0 Å². The number of morpholine rings is 1. The normalized spacial score (nSPS) is 14.8. The van der Waals surface area contributed by atoms with E-state index in [2.05, 4.69) is 25.5 Å². The number of carbonyl (C=O) groups is 1. The number of nitrogens with zero attached hydrogens (tertiary/aromatic N) is 3. The van der Waals surface area contributed by atoms with Crippen molar-refractivity contribution in [3.05, 3.63) is 42.2 Å². The average Bonchev–Trinajstić information content (AvgIpc) is 2.67. The number of hydrogen-bond donors (Lipinski definition) is 2. The van der Waals surface area contributed by atoms with Gasteiger partial charge in [0.15, 0.2) is 5.82 Å². The molecule has 7 nitrogen and oxygen atoms in total. The molecule has 1 aliphatic heterocycles. The maximum Gasteiger partial charge on any atom is 0.319 e. The van der Waals surface area contributed by atoms with Gasteiger partial charge >= 0.3 is 6.03 Å². The number of rotatable bonds is 6. The van der Waals surface area contributed by atoms with Crippen LogP contribution in [-0.4, -0.2) is 60.3 Å². The third-order valence-corrected chi connectivity index (χ3v) is 4.24. The zero-order valence-electron chi connectivity index (χ0n) is 15.1. The summed E-state index contributed by atoms with van der Waals surface area (Å²) in [7, 11) is 0. The smallest absolute Gasteiger partial charge is 0.319 e. The van der Waals surface area contributed by atoms with Crippen molar-refractivity contribution in [2.24, 2.45) is 0 Å². The molecule has 2 amide bonds. The monoisotopic (exact) mass is 355 g/mol. The molecule has 138 valence electrons. The highest BCUT2D eigenvalue weighted by molar-refractivity contribution is 5.89. The molecule has 0 saturated carbocycles. The van der Waals surface area contributed by atoms with Gasteiger partial charge in [0.05, 0.1) is 13.2 Å². The lowest BCUT2D eigenvalue weighted by Crippen LogP contribution is -2.38. The molecule has 1 fully saturated rings. The van der Waals surface area contributed by atoms with Gasteiger partial charge in [-0.3, -0.25) is 4.90 Å². The van der Waals surface area contributed by atoms with Gasteiger partial charge in [0.2, 0.25) is 0 Å². The highest BCUT2D eigenvalue weighted by atomic mass is 16.5. The van der Waals surface area contributed by atoms with Crippen LogP contribution >= 0.6 is 0 Å². The Hall–Kier alpha value is -2.51. The van der Waals surface area contributed by atoms with Crippen molar-refractivity contribution in [3.8, 4) is 11.4 Å². The zero-order valence-corrected chi connectivity index (χ0v) is 15.1. The number of hydrogen-bond acceptors (Lipinski definition) is 5. The van der Waals surface area contributed by atoms with Crippen LogP contribution in [0.25, 0.3) is 11.4 Å². The molecule has 0 unspecified atom stereocenters. The van der Waals surface area contributed by atoms with E-state index >= 15 is 0 Å². The maximum atomic E-state index is 12.0. The minimum Gasteiger partial charge on any atom is -0.379 e. The van der Waals surface area contributed by atoms with Crippen LogP contribution in [0.15, 0.2) is 36.5 Å². The van der Waals surface area contributed by atoms with E-state index in [1.54, 1.807) is 6.20 Å². The van der Waals surface area contributed by atoms with E-state index in [-0.39, 0.29) is 6.03 Å². The van der Waals surface area contributed by atoms with E-state index in [1.807, 2.05) is 37.3 Å². The van der Waals surface area contributed by atoms with Crippen LogP contribution in [0.5, 0.6) is 0 Å². The minimum absolute atomic E-state index is 0.188. The van der Waals surface area contributed by atoms with Crippen molar-refractivity contribution in [1.29, 1.82) is 0 Å². The number of aryl methyl sites for hydroxylation is 1. The Bertz CT molecular complexity index is 714. The molecule has 1 aromatic heterocycles. The first-order valence-corrected chi connectivity index (χ1v) is 8.96. The summed E-state index contributed by atoms with van der Waals surface area (Å²) in [5, 5.41) is 5.74. The SMILES string of the molecule is Cc1ccnc(-c2ccc(NC(=O)NCCCN3CCOCC3)cc2)n1. The molecular weight excluding hydrogens is 330 g/mol. The van der Waals surface area contributed by atoms with Crippen LogP contribution in [-0.2, 0) is 4.74 Å². The van der Waals surface area contributed by atoms with Crippen molar-refractivity contribution in [3.63, 3.8) is 0 Å². The second-order valence-electron chi connectivity index (χ2n) is 6.29. The summed E-state index contributed by atoms with van der Waals surface area (Å²) in [6.45, 7) is 7.12. The second-order valence-corrected chi connectivity index (χ2v) is 6.29. The number of carbonyl (C=O) groups excluding carboxylic acids is 1. The maximum absolute atomic E-state index is 12.0. The van der Waals surface area contributed by atoms with Crippen molar-refractivity contribution in [2.75, 3.05) is 44.7 Å². The van der Waals surface area contributed by atoms with Crippen LogP contribution in [0.1, 0.15) is 12.1 Å².